The first-order chi connectivity index (χ1) is 15.6. The van der Waals surface area contributed by atoms with Crippen LogP contribution in [0.2, 0.25) is 0 Å². The van der Waals surface area contributed by atoms with Gasteiger partial charge in [0.05, 0.1) is 6.34 Å². The van der Waals surface area contributed by atoms with Crippen molar-refractivity contribution < 1.29 is 8.78 Å². The van der Waals surface area contributed by atoms with E-state index in [0.29, 0.717) is 12.0 Å². The highest BCUT2D eigenvalue weighted by molar-refractivity contribution is 5.66. The molecule has 0 aliphatic rings. The number of rotatable bonds is 14. The lowest BCUT2D eigenvalue weighted by Crippen LogP contribution is -2.36. The molecule has 1 unspecified atom stereocenters. The molecule has 0 saturated carbocycles. The zero-order chi connectivity index (χ0) is 25.6. The topological polar surface area (TPSA) is 27.1 Å². The van der Waals surface area contributed by atoms with Gasteiger partial charge in [-0.15, -0.1) is 6.58 Å². The molecule has 0 saturated heterocycles. The highest BCUT2D eigenvalue weighted by Gasteiger charge is 2.34. The predicted octanol–water partition coefficient (Wildman–Crippen LogP) is 9.40. The second kappa shape index (κ2) is 15.6. The Bertz CT molecular complexity index is 793. The highest BCUT2D eigenvalue weighted by Crippen LogP contribution is 2.42. The first-order valence-electron chi connectivity index (χ1n) is 12.3. The van der Waals surface area contributed by atoms with Crippen molar-refractivity contribution in [1.82, 2.24) is 4.90 Å². The first kappa shape index (κ1) is 30.8. The highest BCUT2D eigenvalue weighted by atomic mass is 19.1. The number of unbranched alkanes of at least 4 members (excludes halogenated alkanes) is 2. The molecule has 0 spiro atoms. The molecule has 1 rings (SSSR count). The average Bonchev–Trinajstić information content (AvgIpc) is 2.78. The second-order valence-corrected chi connectivity index (χ2v) is 9.01. The SMILES string of the molecule is C=C(C)CCCCCN(C=N)C(=C)C(C)(C)C(CC)C/C(=C\C)c1ccc(F)cc1F.CC. The van der Waals surface area contributed by atoms with Crippen LogP contribution in [-0.2, 0) is 0 Å². The van der Waals surface area contributed by atoms with Gasteiger partial charge in [-0.25, -0.2) is 8.78 Å². The molecule has 4 heteroatoms. The summed E-state index contributed by atoms with van der Waals surface area (Å²) in [5, 5.41) is 7.91. The summed E-state index contributed by atoms with van der Waals surface area (Å²) >= 11 is 0. The van der Waals surface area contributed by atoms with Gasteiger partial charge in [0.25, 0.3) is 0 Å². The van der Waals surface area contributed by atoms with Gasteiger partial charge in [-0.05, 0) is 63.2 Å². The Morgan fingerprint density at radius 2 is 1.79 bits per heavy atom. The van der Waals surface area contributed by atoms with Gasteiger partial charge in [0.1, 0.15) is 11.6 Å². The maximum absolute atomic E-state index is 14.4. The molecule has 1 N–H and O–H groups in total. The summed E-state index contributed by atoms with van der Waals surface area (Å²) < 4.78 is 27.7. The predicted molar refractivity (Wildman–Crippen MR) is 141 cm³/mol. The van der Waals surface area contributed by atoms with E-state index in [1.54, 1.807) is 0 Å². The summed E-state index contributed by atoms with van der Waals surface area (Å²) in [6.45, 7) is 23.4. The second-order valence-electron chi connectivity index (χ2n) is 9.01. The molecular formula is C29H46F2N2. The molecule has 0 heterocycles. The molecule has 0 aliphatic heterocycles. The van der Waals surface area contributed by atoms with Crippen LogP contribution in [0, 0.1) is 28.4 Å². The van der Waals surface area contributed by atoms with Crippen LogP contribution >= 0.6 is 0 Å². The number of hydrogen-bond donors (Lipinski definition) is 1. The lowest BCUT2D eigenvalue weighted by Gasteiger charge is -2.40. The van der Waals surface area contributed by atoms with Crippen molar-refractivity contribution in [2.24, 2.45) is 11.3 Å². The zero-order valence-electron chi connectivity index (χ0n) is 22.0. The van der Waals surface area contributed by atoms with E-state index in [1.807, 2.05) is 31.7 Å². The molecule has 1 aromatic rings. The van der Waals surface area contributed by atoms with Crippen molar-refractivity contribution in [2.75, 3.05) is 6.54 Å². The van der Waals surface area contributed by atoms with E-state index >= 15 is 0 Å². The van der Waals surface area contributed by atoms with Crippen molar-refractivity contribution in [2.45, 2.75) is 87.0 Å². The Kier molecular flexibility index (Phi) is 14.5. The number of nitrogens with one attached hydrogen (secondary N) is 1. The van der Waals surface area contributed by atoms with Gasteiger partial charge in [-0.1, -0.05) is 65.7 Å². The Hall–Kier alpha value is -2.23. The van der Waals surface area contributed by atoms with Crippen LogP contribution in [0.15, 0.2) is 48.7 Å². The van der Waals surface area contributed by atoms with E-state index in [-0.39, 0.29) is 11.3 Å². The maximum Gasteiger partial charge on any atom is 0.133 e. The first-order valence-corrected chi connectivity index (χ1v) is 12.3. The fraction of sp³-hybridized carbons (Fsp3) is 0.552. The molecule has 0 fully saturated rings. The molecule has 0 bridgehead atoms. The number of benzene rings is 1. The Labute approximate surface area is 202 Å². The average molecular weight is 461 g/mol. The molecule has 0 aromatic heterocycles. The molecule has 1 atom stereocenters. The van der Waals surface area contributed by atoms with E-state index in [0.717, 1.165) is 56.0 Å². The third-order valence-corrected chi connectivity index (χ3v) is 6.35. The van der Waals surface area contributed by atoms with Gasteiger partial charge in [-0.3, -0.25) is 5.41 Å². The van der Waals surface area contributed by atoms with Crippen molar-refractivity contribution in [3.05, 3.63) is 65.9 Å². The smallest absolute Gasteiger partial charge is 0.133 e. The van der Waals surface area contributed by atoms with Crippen LogP contribution in [0.4, 0.5) is 8.78 Å². The van der Waals surface area contributed by atoms with Crippen LogP contribution in [0.5, 0.6) is 0 Å². The third kappa shape index (κ3) is 9.65. The Morgan fingerprint density at radius 3 is 2.27 bits per heavy atom. The molecule has 2 nitrogen and oxygen atoms in total. The van der Waals surface area contributed by atoms with Crippen molar-refractivity contribution in [3.8, 4) is 0 Å². The molecular weight excluding hydrogens is 414 g/mol. The third-order valence-electron chi connectivity index (χ3n) is 6.35. The van der Waals surface area contributed by atoms with Gasteiger partial charge in [-0.2, -0.15) is 0 Å². The summed E-state index contributed by atoms with van der Waals surface area (Å²) in [6, 6.07) is 3.76. The minimum atomic E-state index is -0.567. The summed E-state index contributed by atoms with van der Waals surface area (Å²) in [5.74, 6) is -0.903. The minimum absolute atomic E-state index is 0.196. The quantitative estimate of drug-likeness (QED) is 0.127. The number of allylic oxidation sites excluding steroid dienone is 4. The molecule has 0 amide bonds. The molecule has 33 heavy (non-hydrogen) atoms. The lowest BCUT2D eigenvalue weighted by molar-refractivity contribution is 0.217. The van der Waals surface area contributed by atoms with Gasteiger partial charge in [0.15, 0.2) is 0 Å². The molecule has 0 aliphatic carbocycles. The summed E-state index contributed by atoms with van der Waals surface area (Å²) in [7, 11) is 0. The van der Waals surface area contributed by atoms with Crippen LogP contribution in [0.3, 0.4) is 0 Å². The van der Waals surface area contributed by atoms with E-state index in [2.05, 4.69) is 40.9 Å². The van der Waals surface area contributed by atoms with Gasteiger partial charge in [0, 0.05) is 29.3 Å². The maximum atomic E-state index is 14.4. The summed E-state index contributed by atoms with van der Waals surface area (Å²) in [5.41, 5.74) is 3.15. The van der Waals surface area contributed by atoms with Crippen LogP contribution in [-0.4, -0.2) is 17.8 Å². The lowest BCUT2D eigenvalue weighted by atomic mass is 9.71. The van der Waals surface area contributed by atoms with Gasteiger partial charge >= 0.3 is 0 Å². The van der Waals surface area contributed by atoms with Crippen molar-refractivity contribution >= 4 is 11.9 Å². The fourth-order valence-corrected chi connectivity index (χ4v) is 4.08. The van der Waals surface area contributed by atoms with Crippen LogP contribution < -0.4 is 0 Å². The fourth-order valence-electron chi connectivity index (χ4n) is 4.08. The van der Waals surface area contributed by atoms with Gasteiger partial charge in [0.2, 0.25) is 0 Å². The van der Waals surface area contributed by atoms with Crippen molar-refractivity contribution in [3.63, 3.8) is 0 Å². The number of nitrogens with zero attached hydrogens (tertiary/aromatic N) is 1. The standard InChI is InChI=1S/C27H40F2N2.C2H6/c1-8-22(25-15-14-24(28)18-26(25)29)17-23(9-2)27(6,7)21(5)31(19-30)16-12-10-11-13-20(3)4;1-2/h8,14-15,18-19,23,30H,3,5,9-13,16-17H2,1-2,4,6-7H3;1-2H3/b22-8+,30-19?;. The molecule has 1 aromatic carbocycles. The minimum Gasteiger partial charge on any atom is -0.337 e. The van der Waals surface area contributed by atoms with Crippen molar-refractivity contribution in [1.29, 1.82) is 5.41 Å². The van der Waals surface area contributed by atoms with Gasteiger partial charge < -0.3 is 4.90 Å². The van der Waals surface area contributed by atoms with Crippen LogP contribution in [0.1, 0.15) is 92.6 Å². The Balaban J connectivity index is 0.00000497. The Morgan fingerprint density at radius 1 is 1.15 bits per heavy atom. The van der Waals surface area contributed by atoms with Crippen LogP contribution in [0.25, 0.3) is 5.57 Å². The largest absolute Gasteiger partial charge is 0.337 e. The summed E-state index contributed by atoms with van der Waals surface area (Å²) in [4.78, 5) is 1.94. The molecule has 186 valence electrons. The van der Waals surface area contributed by atoms with E-state index in [1.165, 1.54) is 24.0 Å². The van der Waals surface area contributed by atoms with E-state index in [4.69, 9.17) is 5.41 Å². The number of hydrogen-bond acceptors (Lipinski definition) is 1. The van der Waals surface area contributed by atoms with E-state index < -0.39 is 11.6 Å². The number of halogens is 2. The summed E-state index contributed by atoms with van der Waals surface area (Å²) in [6.07, 6.45) is 9.07. The van der Waals surface area contributed by atoms with E-state index in [9.17, 15) is 8.78 Å². The monoisotopic (exact) mass is 460 g/mol. The zero-order valence-corrected chi connectivity index (χ0v) is 22.0. The molecule has 0 radical (unpaired) electrons. The normalized spacial score (nSPS) is 12.5.